The van der Waals surface area contributed by atoms with E-state index in [2.05, 4.69) is 28.2 Å². The monoisotopic (exact) mass is 362 g/mol. The average molecular weight is 364 g/mol. The third-order valence-electron chi connectivity index (χ3n) is 3.31. The molecule has 1 aromatic rings. The molecule has 2 rings (SSSR count). The number of benzene rings is 1. The molecule has 1 N–H and O–H groups in total. The van der Waals surface area contributed by atoms with Crippen LogP contribution in [0, 0.1) is 0 Å². The fourth-order valence-electron chi connectivity index (χ4n) is 2.32. The predicted molar refractivity (Wildman–Crippen MR) is 85.7 cm³/mol. The first-order chi connectivity index (χ1) is 9.10. The Morgan fingerprint density at radius 2 is 2.30 bits per heavy atom. The van der Waals surface area contributed by atoms with Crippen molar-refractivity contribution in [1.29, 1.82) is 0 Å². The van der Waals surface area contributed by atoms with Crippen LogP contribution in [-0.4, -0.2) is 43.6 Å². The first-order valence-electron chi connectivity index (χ1n) is 6.43. The lowest BCUT2D eigenvalue weighted by Crippen LogP contribution is -2.51. The standard InChI is InChI=1S/C14H19BrN2O2.ClH/c1-10-9-17(6-5-16-10)14(18)8-11-7-12(15)3-4-13(11)19-2;/h3-4,7,10,16H,5-6,8-9H2,1-2H3;1H. The third kappa shape index (κ3) is 4.36. The predicted octanol–water partition coefficient (Wildman–Crippen LogP) is 2.24. The minimum Gasteiger partial charge on any atom is -0.496 e. The van der Waals surface area contributed by atoms with Crippen molar-refractivity contribution in [3.05, 3.63) is 28.2 Å². The number of hydrogen-bond donors (Lipinski definition) is 1. The van der Waals surface area contributed by atoms with Crippen LogP contribution in [0.25, 0.3) is 0 Å². The molecule has 1 amide bonds. The summed E-state index contributed by atoms with van der Waals surface area (Å²) >= 11 is 3.43. The molecule has 20 heavy (non-hydrogen) atoms. The summed E-state index contributed by atoms with van der Waals surface area (Å²) in [5.41, 5.74) is 0.924. The highest BCUT2D eigenvalue weighted by Gasteiger charge is 2.21. The molecule has 4 nitrogen and oxygen atoms in total. The van der Waals surface area contributed by atoms with Gasteiger partial charge in [0.15, 0.2) is 0 Å². The van der Waals surface area contributed by atoms with Gasteiger partial charge in [0, 0.05) is 35.7 Å². The highest BCUT2D eigenvalue weighted by molar-refractivity contribution is 9.10. The van der Waals surface area contributed by atoms with E-state index in [-0.39, 0.29) is 18.3 Å². The van der Waals surface area contributed by atoms with E-state index >= 15 is 0 Å². The first kappa shape index (κ1) is 17.3. The molecular formula is C14H20BrClN2O2. The van der Waals surface area contributed by atoms with E-state index in [0.29, 0.717) is 12.5 Å². The van der Waals surface area contributed by atoms with Gasteiger partial charge in [0.1, 0.15) is 5.75 Å². The largest absolute Gasteiger partial charge is 0.496 e. The quantitative estimate of drug-likeness (QED) is 0.895. The Bertz CT molecular complexity index is 470. The molecule has 0 spiro atoms. The summed E-state index contributed by atoms with van der Waals surface area (Å²) in [6.45, 7) is 4.51. The molecule has 0 aromatic heterocycles. The number of hydrogen-bond acceptors (Lipinski definition) is 3. The van der Waals surface area contributed by atoms with E-state index in [1.807, 2.05) is 23.1 Å². The summed E-state index contributed by atoms with van der Waals surface area (Å²) in [5, 5.41) is 3.34. The molecule has 1 heterocycles. The van der Waals surface area contributed by atoms with Gasteiger partial charge in [-0.1, -0.05) is 15.9 Å². The molecular weight excluding hydrogens is 344 g/mol. The van der Waals surface area contributed by atoms with Gasteiger partial charge in [-0.25, -0.2) is 0 Å². The SMILES string of the molecule is COc1ccc(Br)cc1CC(=O)N1CCNC(C)C1.Cl. The number of nitrogens with one attached hydrogen (secondary N) is 1. The lowest BCUT2D eigenvalue weighted by molar-refractivity contribution is -0.131. The summed E-state index contributed by atoms with van der Waals surface area (Å²) in [6, 6.07) is 6.11. The Kier molecular flexibility index (Phi) is 6.79. The highest BCUT2D eigenvalue weighted by atomic mass is 79.9. The molecule has 6 heteroatoms. The van der Waals surface area contributed by atoms with Gasteiger partial charge in [-0.3, -0.25) is 4.79 Å². The molecule has 1 aromatic carbocycles. The maximum Gasteiger partial charge on any atom is 0.227 e. The maximum atomic E-state index is 12.3. The van der Waals surface area contributed by atoms with Crippen LogP contribution in [0.1, 0.15) is 12.5 Å². The van der Waals surface area contributed by atoms with Crippen LogP contribution in [0.4, 0.5) is 0 Å². The Balaban J connectivity index is 0.00000200. The topological polar surface area (TPSA) is 41.6 Å². The number of halogens is 2. The van der Waals surface area contributed by atoms with E-state index in [0.717, 1.165) is 35.4 Å². The molecule has 1 aliphatic heterocycles. The van der Waals surface area contributed by atoms with Crippen molar-refractivity contribution in [2.75, 3.05) is 26.7 Å². The van der Waals surface area contributed by atoms with Crippen molar-refractivity contribution in [3.63, 3.8) is 0 Å². The summed E-state index contributed by atoms with van der Waals surface area (Å²) in [5.74, 6) is 0.921. The fraction of sp³-hybridized carbons (Fsp3) is 0.500. The van der Waals surface area contributed by atoms with E-state index in [1.165, 1.54) is 0 Å². The van der Waals surface area contributed by atoms with Crippen LogP contribution in [0.3, 0.4) is 0 Å². The molecule has 0 saturated carbocycles. The van der Waals surface area contributed by atoms with Gasteiger partial charge in [-0.2, -0.15) is 0 Å². The van der Waals surface area contributed by atoms with E-state index in [4.69, 9.17) is 4.74 Å². The van der Waals surface area contributed by atoms with Crippen LogP contribution in [0.2, 0.25) is 0 Å². The molecule has 0 bridgehead atoms. The summed E-state index contributed by atoms with van der Waals surface area (Å²) in [4.78, 5) is 14.2. The Labute approximate surface area is 134 Å². The zero-order chi connectivity index (χ0) is 13.8. The number of methoxy groups -OCH3 is 1. The molecule has 1 unspecified atom stereocenters. The van der Waals surface area contributed by atoms with Gasteiger partial charge in [0.05, 0.1) is 13.5 Å². The van der Waals surface area contributed by atoms with Gasteiger partial charge in [-0.05, 0) is 25.1 Å². The van der Waals surface area contributed by atoms with Crippen LogP contribution in [-0.2, 0) is 11.2 Å². The number of nitrogens with zero attached hydrogens (tertiary/aromatic N) is 1. The lowest BCUT2D eigenvalue weighted by Gasteiger charge is -2.32. The van der Waals surface area contributed by atoms with Crippen molar-refractivity contribution in [2.24, 2.45) is 0 Å². The first-order valence-corrected chi connectivity index (χ1v) is 7.23. The number of rotatable bonds is 3. The van der Waals surface area contributed by atoms with Crippen LogP contribution >= 0.6 is 28.3 Å². The molecule has 1 fully saturated rings. The fourth-order valence-corrected chi connectivity index (χ4v) is 2.73. The number of amides is 1. The van der Waals surface area contributed by atoms with Gasteiger partial charge in [-0.15, -0.1) is 12.4 Å². The maximum absolute atomic E-state index is 12.3. The number of piperazine rings is 1. The van der Waals surface area contributed by atoms with E-state index in [9.17, 15) is 4.79 Å². The summed E-state index contributed by atoms with van der Waals surface area (Å²) < 4.78 is 6.27. The van der Waals surface area contributed by atoms with Crippen molar-refractivity contribution in [1.82, 2.24) is 10.2 Å². The van der Waals surface area contributed by atoms with Gasteiger partial charge in [0.25, 0.3) is 0 Å². The van der Waals surface area contributed by atoms with Crippen molar-refractivity contribution in [2.45, 2.75) is 19.4 Å². The second-order valence-corrected chi connectivity index (χ2v) is 5.74. The second-order valence-electron chi connectivity index (χ2n) is 4.83. The minimum absolute atomic E-state index is 0. The van der Waals surface area contributed by atoms with Crippen molar-refractivity contribution >= 4 is 34.2 Å². The number of carbonyl (C=O) groups excluding carboxylic acids is 1. The zero-order valence-corrected chi connectivity index (χ0v) is 14.1. The van der Waals surface area contributed by atoms with Gasteiger partial charge >= 0.3 is 0 Å². The Morgan fingerprint density at radius 3 is 2.95 bits per heavy atom. The van der Waals surface area contributed by atoms with Crippen molar-refractivity contribution in [3.8, 4) is 5.75 Å². The molecule has 1 saturated heterocycles. The molecule has 1 atom stereocenters. The third-order valence-corrected chi connectivity index (χ3v) is 3.80. The molecule has 112 valence electrons. The van der Waals surface area contributed by atoms with Gasteiger partial charge < -0.3 is 15.0 Å². The normalized spacial score (nSPS) is 18.4. The van der Waals surface area contributed by atoms with Crippen LogP contribution < -0.4 is 10.1 Å². The Hall–Kier alpha value is -0.780. The zero-order valence-electron chi connectivity index (χ0n) is 11.7. The number of carbonyl (C=O) groups is 1. The molecule has 1 aliphatic rings. The summed E-state index contributed by atoms with van der Waals surface area (Å²) in [7, 11) is 1.63. The molecule has 0 aliphatic carbocycles. The second kappa shape index (κ2) is 7.86. The van der Waals surface area contributed by atoms with Crippen LogP contribution in [0.15, 0.2) is 22.7 Å². The van der Waals surface area contributed by atoms with Crippen LogP contribution in [0.5, 0.6) is 5.75 Å². The number of ether oxygens (including phenoxy) is 1. The van der Waals surface area contributed by atoms with Gasteiger partial charge in [0.2, 0.25) is 5.91 Å². The smallest absolute Gasteiger partial charge is 0.227 e. The summed E-state index contributed by atoms with van der Waals surface area (Å²) in [6.07, 6.45) is 0.384. The minimum atomic E-state index is 0. The Morgan fingerprint density at radius 1 is 1.55 bits per heavy atom. The lowest BCUT2D eigenvalue weighted by atomic mass is 10.1. The average Bonchev–Trinajstić information content (AvgIpc) is 2.39. The van der Waals surface area contributed by atoms with E-state index < -0.39 is 0 Å². The molecule has 0 radical (unpaired) electrons. The van der Waals surface area contributed by atoms with Crippen molar-refractivity contribution < 1.29 is 9.53 Å². The van der Waals surface area contributed by atoms with E-state index in [1.54, 1.807) is 7.11 Å². The highest BCUT2D eigenvalue weighted by Crippen LogP contribution is 2.24.